The van der Waals surface area contributed by atoms with Crippen molar-refractivity contribution in [1.29, 1.82) is 0 Å². The summed E-state index contributed by atoms with van der Waals surface area (Å²) in [5.74, 6) is 0. The highest BCUT2D eigenvalue weighted by atomic mass is 32.1. The normalized spacial score (nSPS) is 9.40. The van der Waals surface area contributed by atoms with Crippen LogP contribution >= 0.6 is 12.2 Å². The van der Waals surface area contributed by atoms with Gasteiger partial charge in [-0.2, -0.15) is 0 Å². The quantitative estimate of drug-likeness (QED) is 0.459. The number of hydrogen-bond acceptors (Lipinski definition) is 3. The lowest BCUT2D eigenvalue weighted by atomic mass is 10.2. The predicted octanol–water partition coefficient (Wildman–Crippen LogP) is 1.19. The number of non-ortho nitro benzene ring substituents is 1. The molecule has 0 aromatic heterocycles. The van der Waals surface area contributed by atoms with Crippen LogP contribution in [-0.4, -0.2) is 17.1 Å². The van der Waals surface area contributed by atoms with Gasteiger partial charge in [-0.15, -0.1) is 0 Å². The van der Waals surface area contributed by atoms with Crippen molar-refractivity contribution in [2.45, 2.75) is 6.54 Å². The van der Waals surface area contributed by atoms with E-state index in [0.717, 1.165) is 5.56 Å². The first-order valence-electron chi connectivity index (χ1n) is 4.32. The van der Waals surface area contributed by atoms with Gasteiger partial charge in [0.1, 0.15) is 0 Å². The number of rotatable bonds is 3. The molecule has 0 aliphatic heterocycles. The molecule has 0 aliphatic carbocycles. The first kappa shape index (κ1) is 11.4. The molecule has 0 spiro atoms. The van der Waals surface area contributed by atoms with Crippen molar-refractivity contribution in [1.82, 2.24) is 10.6 Å². The second kappa shape index (κ2) is 5.26. The number of hydrogen-bond donors (Lipinski definition) is 2. The summed E-state index contributed by atoms with van der Waals surface area (Å²) < 4.78 is 0. The second-order valence-electron chi connectivity index (χ2n) is 2.86. The fraction of sp³-hybridized carbons (Fsp3) is 0.222. The second-order valence-corrected chi connectivity index (χ2v) is 3.27. The van der Waals surface area contributed by atoms with E-state index in [1.165, 1.54) is 12.1 Å². The molecule has 0 bridgehead atoms. The van der Waals surface area contributed by atoms with Gasteiger partial charge in [-0.25, -0.2) is 0 Å². The van der Waals surface area contributed by atoms with Gasteiger partial charge in [0, 0.05) is 25.7 Å². The largest absolute Gasteiger partial charge is 0.366 e. The maximum absolute atomic E-state index is 10.5. The lowest BCUT2D eigenvalue weighted by molar-refractivity contribution is -0.384. The molecule has 0 radical (unpaired) electrons. The molecule has 0 saturated heterocycles. The maximum Gasteiger partial charge on any atom is 0.269 e. The number of nitro benzene ring substituents is 1. The van der Waals surface area contributed by atoms with Gasteiger partial charge >= 0.3 is 0 Å². The summed E-state index contributed by atoms with van der Waals surface area (Å²) in [5, 5.41) is 16.7. The Morgan fingerprint density at radius 1 is 1.60 bits per heavy atom. The molecule has 6 heteroatoms. The van der Waals surface area contributed by atoms with Gasteiger partial charge in [0.15, 0.2) is 5.11 Å². The van der Waals surface area contributed by atoms with E-state index in [1.807, 2.05) is 0 Å². The zero-order valence-corrected chi connectivity index (χ0v) is 9.00. The summed E-state index contributed by atoms with van der Waals surface area (Å²) in [6.45, 7) is 0.474. The minimum absolute atomic E-state index is 0.0877. The van der Waals surface area contributed by atoms with E-state index in [9.17, 15) is 10.1 Å². The Bertz CT molecular complexity index is 381. The third-order valence-corrected chi connectivity index (χ3v) is 2.15. The van der Waals surface area contributed by atoms with E-state index in [-0.39, 0.29) is 5.69 Å². The molecule has 1 rings (SSSR count). The molecule has 1 aromatic carbocycles. The van der Waals surface area contributed by atoms with Crippen molar-refractivity contribution in [3.05, 3.63) is 39.9 Å². The Hall–Kier alpha value is -1.69. The zero-order chi connectivity index (χ0) is 11.3. The topological polar surface area (TPSA) is 67.2 Å². The number of thiocarbonyl (C=S) groups is 1. The van der Waals surface area contributed by atoms with Crippen molar-refractivity contribution in [3.63, 3.8) is 0 Å². The van der Waals surface area contributed by atoms with Gasteiger partial charge in [-0.1, -0.05) is 12.1 Å². The molecule has 0 heterocycles. The van der Waals surface area contributed by atoms with Crippen LogP contribution in [-0.2, 0) is 6.54 Å². The molecule has 0 saturated carbocycles. The standard InChI is InChI=1S/C9H11N3O2S/c1-10-9(15)11-6-7-3-2-4-8(5-7)12(13)14/h2-5H,6H2,1H3,(H2,10,11,15). The monoisotopic (exact) mass is 225 g/mol. The molecular weight excluding hydrogens is 214 g/mol. The van der Waals surface area contributed by atoms with Gasteiger partial charge in [-0.3, -0.25) is 10.1 Å². The van der Waals surface area contributed by atoms with Crippen LogP contribution in [0.25, 0.3) is 0 Å². The molecule has 5 nitrogen and oxygen atoms in total. The molecule has 80 valence electrons. The molecule has 0 atom stereocenters. The van der Waals surface area contributed by atoms with E-state index in [2.05, 4.69) is 10.6 Å². The smallest absolute Gasteiger partial charge is 0.269 e. The average Bonchev–Trinajstić information content (AvgIpc) is 2.26. The summed E-state index contributed by atoms with van der Waals surface area (Å²) in [5.41, 5.74) is 0.909. The minimum Gasteiger partial charge on any atom is -0.366 e. The van der Waals surface area contributed by atoms with Gasteiger partial charge in [0.25, 0.3) is 5.69 Å². The van der Waals surface area contributed by atoms with Crippen LogP contribution in [0.15, 0.2) is 24.3 Å². The van der Waals surface area contributed by atoms with Crippen LogP contribution in [0.4, 0.5) is 5.69 Å². The fourth-order valence-electron chi connectivity index (χ4n) is 1.05. The lowest BCUT2D eigenvalue weighted by Crippen LogP contribution is -2.31. The Morgan fingerprint density at radius 3 is 2.93 bits per heavy atom. The molecule has 0 fully saturated rings. The third kappa shape index (κ3) is 3.51. The summed E-state index contributed by atoms with van der Waals surface area (Å²) in [4.78, 5) is 10.1. The maximum atomic E-state index is 10.5. The SMILES string of the molecule is CNC(=S)NCc1cccc([N+](=O)[O-])c1. The fourth-order valence-corrected chi connectivity index (χ4v) is 1.12. The molecule has 2 N–H and O–H groups in total. The average molecular weight is 225 g/mol. The van der Waals surface area contributed by atoms with E-state index >= 15 is 0 Å². The number of benzene rings is 1. The Labute approximate surface area is 92.6 Å². The highest BCUT2D eigenvalue weighted by molar-refractivity contribution is 7.80. The van der Waals surface area contributed by atoms with Crippen molar-refractivity contribution >= 4 is 23.0 Å². The summed E-state index contributed by atoms with van der Waals surface area (Å²) in [6.07, 6.45) is 0. The van der Waals surface area contributed by atoms with E-state index in [1.54, 1.807) is 19.2 Å². The van der Waals surface area contributed by atoms with E-state index < -0.39 is 4.92 Å². The van der Waals surface area contributed by atoms with Gasteiger partial charge in [0.2, 0.25) is 0 Å². The summed E-state index contributed by atoms with van der Waals surface area (Å²) in [7, 11) is 1.71. The van der Waals surface area contributed by atoms with Gasteiger partial charge in [0.05, 0.1) is 4.92 Å². The molecule has 0 amide bonds. The van der Waals surface area contributed by atoms with Crippen LogP contribution in [0.5, 0.6) is 0 Å². The Morgan fingerprint density at radius 2 is 2.33 bits per heavy atom. The van der Waals surface area contributed by atoms with Crippen molar-refractivity contribution in [2.75, 3.05) is 7.05 Å². The number of nitrogens with one attached hydrogen (secondary N) is 2. The number of nitrogens with zero attached hydrogens (tertiary/aromatic N) is 1. The predicted molar refractivity (Wildman–Crippen MR) is 61.6 cm³/mol. The van der Waals surface area contributed by atoms with Crippen LogP contribution in [0.3, 0.4) is 0 Å². The molecule has 15 heavy (non-hydrogen) atoms. The minimum atomic E-state index is -0.417. The van der Waals surface area contributed by atoms with E-state index in [4.69, 9.17) is 12.2 Å². The van der Waals surface area contributed by atoms with Crippen LogP contribution in [0.2, 0.25) is 0 Å². The molecule has 0 unspecified atom stereocenters. The van der Waals surface area contributed by atoms with Crippen LogP contribution in [0.1, 0.15) is 5.56 Å². The summed E-state index contributed by atoms with van der Waals surface area (Å²) >= 11 is 4.88. The highest BCUT2D eigenvalue weighted by Crippen LogP contribution is 2.12. The van der Waals surface area contributed by atoms with Crippen LogP contribution < -0.4 is 10.6 Å². The van der Waals surface area contributed by atoms with Crippen molar-refractivity contribution in [2.24, 2.45) is 0 Å². The highest BCUT2D eigenvalue weighted by Gasteiger charge is 2.05. The van der Waals surface area contributed by atoms with E-state index in [0.29, 0.717) is 11.7 Å². The third-order valence-electron chi connectivity index (χ3n) is 1.80. The van der Waals surface area contributed by atoms with Crippen molar-refractivity contribution in [3.8, 4) is 0 Å². The van der Waals surface area contributed by atoms with Crippen molar-refractivity contribution < 1.29 is 4.92 Å². The molecule has 1 aromatic rings. The van der Waals surface area contributed by atoms with Gasteiger partial charge < -0.3 is 10.6 Å². The molecule has 0 aliphatic rings. The first-order valence-corrected chi connectivity index (χ1v) is 4.73. The first-order chi connectivity index (χ1) is 7.13. The zero-order valence-electron chi connectivity index (χ0n) is 8.19. The Balaban J connectivity index is 2.66. The van der Waals surface area contributed by atoms with Crippen LogP contribution in [0, 0.1) is 10.1 Å². The molecular formula is C9H11N3O2S. The summed E-state index contributed by atoms with van der Waals surface area (Å²) in [6, 6.07) is 6.43. The number of nitro groups is 1. The Kier molecular flexibility index (Phi) is 3.99. The lowest BCUT2D eigenvalue weighted by Gasteiger charge is -2.06. The van der Waals surface area contributed by atoms with Gasteiger partial charge in [-0.05, 0) is 17.8 Å².